The molecule has 0 atom stereocenters. The third-order valence-corrected chi connectivity index (χ3v) is 8.19. The summed E-state index contributed by atoms with van der Waals surface area (Å²) in [6, 6.07) is 13.8. The second-order valence-electron chi connectivity index (χ2n) is 11.4. The van der Waals surface area contributed by atoms with E-state index in [1.807, 2.05) is 25.1 Å². The van der Waals surface area contributed by atoms with Gasteiger partial charge in [-0.05, 0) is 61.2 Å². The molecule has 0 saturated heterocycles. The maximum absolute atomic E-state index is 15.5. The van der Waals surface area contributed by atoms with Crippen LogP contribution in [0.4, 0.5) is 10.1 Å². The van der Waals surface area contributed by atoms with Crippen molar-refractivity contribution in [2.45, 2.75) is 27.3 Å². The molecule has 0 saturated carbocycles. The van der Waals surface area contributed by atoms with E-state index < -0.39 is 34.3 Å². The van der Waals surface area contributed by atoms with Crippen LogP contribution in [-0.4, -0.2) is 34.6 Å². The van der Waals surface area contributed by atoms with Gasteiger partial charge in [-0.15, -0.1) is 0 Å². The summed E-state index contributed by atoms with van der Waals surface area (Å²) in [4.78, 5) is 49.3. The number of anilines is 1. The van der Waals surface area contributed by atoms with Crippen molar-refractivity contribution in [3.63, 3.8) is 0 Å². The van der Waals surface area contributed by atoms with E-state index in [9.17, 15) is 19.2 Å². The van der Waals surface area contributed by atoms with Gasteiger partial charge in [0, 0.05) is 44.5 Å². The average molecular weight is 636 g/mol. The Labute approximate surface area is 264 Å². The predicted molar refractivity (Wildman–Crippen MR) is 173 cm³/mol. The fraction of sp³-hybridized carbons (Fsp3) is 0.273. The van der Waals surface area contributed by atoms with E-state index in [4.69, 9.17) is 22.1 Å². The molecular weight excluding hydrogens is 601 g/mol. The number of hydrogen-bond acceptors (Lipinski definition) is 6. The molecule has 1 aromatic heterocycles. The molecular formula is C33H35ClFN5O5. The fourth-order valence-corrected chi connectivity index (χ4v) is 5.21. The maximum atomic E-state index is 15.5. The topological polar surface area (TPSA) is 137 Å². The zero-order chi connectivity index (χ0) is 33.2. The molecule has 0 aliphatic rings. The number of primary amides is 1. The molecule has 0 radical (unpaired) electrons. The van der Waals surface area contributed by atoms with Crippen molar-refractivity contribution >= 4 is 29.1 Å². The highest BCUT2D eigenvalue weighted by molar-refractivity contribution is 6.36. The number of halogens is 2. The standard InChI is InChI=1S/C33H35ClFN5O5/c1-18-20(19-13-25(35)23(27(14-19)45-6)15-37-17-33(2,3)31(36)43)9-7-10-21(18)22-11-8-12-26(28(22)34)38-29(41)24-16-39(4)32(44)40(5)30(24)42/h7-14,16,37H,15,17H2,1-6H3,(H2,36,43)(H,38,41). The Balaban J connectivity index is 1.67. The molecule has 3 aromatic carbocycles. The van der Waals surface area contributed by atoms with Crippen LogP contribution in [0, 0.1) is 18.2 Å². The third-order valence-electron chi connectivity index (χ3n) is 7.78. The average Bonchev–Trinajstić information content (AvgIpc) is 2.99. The number of aryl methyl sites for hydroxylation is 1. The number of aromatic nitrogens is 2. The minimum Gasteiger partial charge on any atom is -0.496 e. The molecule has 0 aliphatic carbocycles. The van der Waals surface area contributed by atoms with E-state index in [-0.39, 0.29) is 29.4 Å². The Bertz CT molecular complexity index is 1930. The second-order valence-corrected chi connectivity index (χ2v) is 11.8. The molecule has 0 aliphatic heterocycles. The van der Waals surface area contributed by atoms with Crippen LogP contribution in [0.25, 0.3) is 22.3 Å². The van der Waals surface area contributed by atoms with Gasteiger partial charge >= 0.3 is 5.69 Å². The summed E-state index contributed by atoms with van der Waals surface area (Å²) in [6.45, 7) is 5.69. The van der Waals surface area contributed by atoms with Gasteiger partial charge in [0.05, 0.1) is 23.2 Å². The highest BCUT2D eigenvalue weighted by atomic mass is 35.5. The van der Waals surface area contributed by atoms with Crippen LogP contribution in [0.2, 0.25) is 5.02 Å². The number of amides is 2. The number of nitrogens with one attached hydrogen (secondary N) is 2. The molecule has 0 unspecified atom stereocenters. The highest BCUT2D eigenvalue weighted by Crippen LogP contribution is 2.39. The van der Waals surface area contributed by atoms with Gasteiger partial charge in [0.2, 0.25) is 5.91 Å². The Kier molecular flexibility index (Phi) is 9.65. The van der Waals surface area contributed by atoms with Gasteiger partial charge in [-0.25, -0.2) is 9.18 Å². The Morgan fingerprint density at radius 3 is 2.36 bits per heavy atom. The number of hydrogen-bond donors (Lipinski definition) is 3. The first-order valence-electron chi connectivity index (χ1n) is 14.0. The zero-order valence-corrected chi connectivity index (χ0v) is 26.6. The Morgan fingerprint density at radius 1 is 1.04 bits per heavy atom. The number of carbonyl (C=O) groups is 2. The van der Waals surface area contributed by atoms with Crippen LogP contribution in [-0.2, 0) is 25.4 Å². The minimum atomic E-state index is -0.805. The number of carbonyl (C=O) groups excluding carboxylic acids is 2. The number of benzene rings is 3. The molecule has 4 N–H and O–H groups in total. The normalized spacial score (nSPS) is 11.4. The smallest absolute Gasteiger partial charge is 0.330 e. The summed E-state index contributed by atoms with van der Waals surface area (Å²) in [6.07, 6.45) is 1.18. The van der Waals surface area contributed by atoms with Crippen LogP contribution in [0.15, 0.2) is 64.3 Å². The van der Waals surface area contributed by atoms with E-state index >= 15 is 4.39 Å². The number of ether oxygens (including phenoxy) is 1. The second kappa shape index (κ2) is 13.1. The minimum absolute atomic E-state index is 0.129. The summed E-state index contributed by atoms with van der Waals surface area (Å²) in [5.74, 6) is -1.32. The maximum Gasteiger partial charge on any atom is 0.330 e. The van der Waals surface area contributed by atoms with Crippen LogP contribution in [0.1, 0.15) is 35.3 Å². The first-order chi connectivity index (χ1) is 21.2. The van der Waals surface area contributed by atoms with E-state index in [2.05, 4.69) is 10.6 Å². The van der Waals surface area contributed by atoms with Crippen molar-refractivity contribution in [2.75, 3.05) is 19.0 Å². The monoisotopic (exact) mass is 635 g/mol. The molecule has 4 rings (SSSR count). The lowest BCUT2D eigenvalue weighted by molar-refractivity contribution is -0.125. The van der Waals surface area contributed by atoms with Gasteiger partial charge in [0.1, 0.15) is 17.1 Å². The third kappa shape index (κ3) is 6.69. The van der Waals surface area contributed by atoms with Gasteiger partial charge in [0.25, 0.3) is 11.5 Å². The molecule has 0 bridgehead atoms. The number of nitrogens with two attached hydrogens (primary N) is 1. The highest BCUT2D eigenvalue weighted by Gasteiger charge is 2.25. The first-order valence-corrected chi connectivity index (χ1v) is 14.4. The largest absolute Gasteiger partial charge is 0.496 e. The van der Waals surface area contributed by atoms with Crippen LogP contribution in [0.5, 0.6) is 5.75 Å². The van der Waals surface area contributed by atoms with E-state index in [1.54, 1.807) is 38.1 Å². The quantitative estimate of drug-likeness (QED) is 0.237. The van der Waals surface area contributed by atoms with Crippen molar-refractivity contribution in [3.8, 4) is 28.0 Å². The van der Waals surface area contributed by atoms with Crippen LogP contribution < -0.4 is 32.4 Å². The molecule has 0 fully saturated rings. The van der Waals surface area contributed by atoms with Gasteiger partial charge in [-0.3, -0.25) is 19.0 Å². The van der Waals surface area contributed by atoms with Crippen molar-refractivity contribution < 1.29 is 18.7 Å². The van der Waals surface area contributed by atoms with Gasteiger partial charge < -0.3 is 25.7 Å². The molecule has 0 spiro atoms. The van der Waals surface area contributed by atoms with E-state index in [1.165, 1.54) is 33.5 Å². The molecule has 4 aromatic rings. The van der Waals surface area contributed by atoms with Crippen LogP contribution in [0.3, 0.4) is 0 Å². The summed E-state index contributed by atoms with van der Waals surface area (Å²) in [7, 11) is 4.20. The van der Waals surface area contributed by atoms with E-state index in [0.717, 1.165) is 25.8 Å². The zero-order valence-electron chi connectivity index (χ0n) is 25.9. The van der Waals surface area contributed by atoms with Crippen LogP contribution >= 0.6 is 11.6 Å². The number of rotatable bonds is 10. The summed E-state index contributed by atoms with van der Waals surface area (Å²) in [5, 5.41) is 6.00. The molecule has 1 heterocycles. The molecule has 45 heavy (non-hydrogen) atoms. The first kappa shape index (κ1) is 33.2. The summed E-state index contributed by atoms with van der Waals surface area (Å²) in [5.41, 5.74) is 7.17. The van der Waals surface area contributed by atoms with Gasteiger partial charge in [-0.1, -0.05) is 41.9 Å². The molecule has 236 valence electrons. The van der Waals surface area contributed by atoms with Crippen molar-refractivity contribution in [1.82, 2.24) is 14.5 Å². The molecule has 10 nitrogen and oxygen atoms in total. The molecule has 2 amide bonds. The summed E-state index contributed by atoms with van der Waals surface area (Å²) >= 11 is 6.80. The number of nitrogens with zero attached hydrogens (tertiary/aromatic N) is 2. The van der Waals surface area contributed by atoms with Crippen molar-refractivity contribution in [3.05, 3.63) is 103 Å². The van der Waals surface area contributed by atoms with Crippen molar-refractivity contribution in [1.29, 1.82) is 0 Å². The predicted octanol–water partition coefficient (Wildman–Crippen LogP) is 4.38. The SMILES string of the molecule is COc1cc(-c2cccc(-c3cccc(NC(=O)c4cn(C)c(=O)n(C)c4=O)c3Cl)c2C)cc(F)c1CNCC(C)(C)C(N)=O. The van der Waals surface area contributed by atoms with Gasteiger partial charge in [0.15, 0.2) is 0 Å². The Morgan fingerprint density at radius 2 is 1.69 bits per heavy atom. The number of methoxy groups -OCH3 is 1. The lowest BCUT2D eigenvalue weighted by Gasteiger charge is -2.21. The van der Waals surface area contributed by atoms with Gasteiger partial charge in [-0.2, -0.15) is 0 Å². The fourth-order valence-electron chi connectivity index (χ4n) is 4.94. The lowest BCUT2D eigenvalue weighted by atomic mass is 9.91. The van der Waals surface area contributed by atoms with Crippen molar-refractivity contribution in [2.24, 2.45) is 25.2 Å². The molecule has 12 heteroatoms. The lowest BCUT2D eigenvalue weighted by Crippen LogP contribution is -2.40. The van der Waals surface area contributed by atoms with E-state index in [0.29, 0.717) is 22.4 Å². The summed E-state index contributed by atoms with van der Waals surface area (Å²) < 4.78 is 23.0. The Hall–Kier alpha value is -4.74.